The van der Waals surface area contributed by atoms with Crippen LogP contribution in [0.15, 0.2) is 48.7 Å². The van der Waals surface area contributed by atoms with Crippen molar-refractivity contribution in [3.05, 3.63) is 54.4 Å². The van der Waals surface area contributed by atoms with E-state index in [1.165, 1.54) is 16.8 Å². The van der Waals surface area contributed by atoms with E-state index in [1.807, 2.05) is 18.3 Å². The molecule has 0 radical (unpaired) electrons. The van der Waals surface area contributed by atoms with Crippen LogP contribution in [0, 0.1) is 0 Å². The van der Waals surface area contributed by atoms with Gasteiger partial charge in [-0.05, 0) is 11.6 Å². The van der Waals surface area contributed by atoms with Crippen molar-refractivity contribution in [1.82, 2.24) is 10.3 Å². The Labute approximate surface area is 108 Å². The van der Waals surface area contributed by atoms with Crippen LogP contribution in [-0.2, 0) is 0 Å². The molecule has 1 aromatic heterocycles. The van der Waals surface area contributed by atoms with Crippen LogP contribution in [0.25, 0.3) is 11.1 Å². The van der Waals surface area contributed by atoms with E-state index in [-0.39, 0.29) is 12.4 Å². The largest absolute Gasteiger partial charge is 0.315 e. The zero-order valence-corrected chi connectivity index (χ0v) is 10.3. The molecule has 0 unspecified atom stereocenters. The van der Waals surface area contributed by atoms with E-state index in [4.69, 9.17) is 0 Å². The van der Waals surface area contributed by atoms with Gasteiger partial charge >= 0.3 is 0 Å². The lowest BCUT2D eigenvalue weighted by molar-refractivity contribution is 0.441. The highest BCUT2D eigenvalue weighted by Crippen LogP contribution is 2.29. The van der Waals surface area contributed by atoms with Crippen molar-refractivity contribution in [2.45, 2.75) is 5.92 Å². The lowest BCUT2D eigenvalue weighted by Crippen LogP contribution is -2.40. The van der Waals surface area contributed by atoms with Crippen molar-refractivity contribution in [1.29, 1.82) is 0 Å². The Morgan fingerprint density at radius 2 is 1.76 bits per heavy atom. The van der Waals surface area contributed by atoms with Gasteiger partial charge < -0.3 is 5.32 Å². The van der Waals surface area contributed by atoms with Crippen molar-refractivity contribution < 1.29 is 0 Å². The first-order valence-electron chi connectivity index (χ1n) is 5.66. The zero-order valence-electron chi connectivity index (χ0n) is 9.47. The highest BCUT2D eigenvalue weighted by atomic mass is 35.5. The van der Waals surface area contributed by atoms with E-state index < -0.39 is 0 Å². The van der Waals surface area contributed by atoms with E-state index in [0.717, 1.165) is 13.1 Å². The molecule has 0 atom stereocenters. The van der Waals surface area contributed by atoms with Gasteiger partial charge in [-0.2, -0.15) is 0 Å². The third kappa shape index (κ3) is 2.33. The molecule has 2 aromatic rings. The molecule has 1 aliphatic rings. The maximum atomic E-state index is 4.54. The van der Waals surface area contributed by atoms with Gasteiger partial charge in [-0.25, -0.2) is 0 Å². The van der Waals surface area contributed by atoms with Crippen LogP contribution >= 0.6 is 12.4 Å². The number of nitrogens with one attached hydrogen (secondary N) is 1. The molecule has 3 heteroatoms. The summed E-state index contributed by atoms with van der Waals surface area (Å²) in [4.78, 5) is 4.54. The molecule has 2 nitrogen and oxygen atoms in total. The summed E-state index contributed by atoms with van der Waals surface area (Å²) in [5.41, 5.74) is 3.76. The van der Waals surface area contributed by atoms with Gasteiger partial charge in [0.1, 0.15) is 0 Å². The monoisotopic (exact) mass is 246 g/mol. The van der Waals surface area contributed by atoms with Crippen molar-refractivity contribution in [2.75, 3.05) is 13.1 Å². The van der Waals surface area contributed by atoms with Crippen molar-refractivity contribution in [3.63, 3.8) is 0 Å². The van der Waals surface area contributed by atoms with Gasteiger partial charge in [-0.15, -0.1) is 12.4 Å². The summed E-state index contributed by atoms with van der Waals surface area (Å²) in [7, 11) is 0. The van der Waals surface area contributed by atoms with E-state index in [1.54, 1.807) is 0 Å². The van der Waals surface area contributed by atoms with Gasteiger partial charge in [0.25, 0.3) is 0 Å². The predicted molar refractivity (Wildman–Crippen MR) is 72.5 cm³/mol. The number of rotatable bonds is 2. The fourth-order valence-corrected chi connectivity index (χ4v) is 2.09. The molecule has 1 aliphatic heterocycles. The molecule has 0 saturated carbocycles. The summed E-state index contributed by atoms with van der Waals surface area (Å²) < 4.78 is 0. The van der Waals surface area contributed by atoms with Crippen LogP contribution in [-0.4, -0.2) is 18.1 Å². The zero-order chi connectivity index (χ0) is 10.8. The number of aromatic nitrogens is 1. The van der Waals surface area contributed by atoms with Crippen LogP contribution in [0.5, 0.6) is 0 Å². The Morgan fingerprint density at radius 1 is 1.00 bits per heavy atom. The van der Waals surface area contributed by atoms with Crippen molar-refractivity contribution in [3.8, 4) is 11.1 Å². The smallest absolute Gasteiger partial charge is 0.0538 e. The molecule has 2 heterocycles. The van der Waals surface area contributed by atoms with Gasteiger partial charge in [0, 0.05) is 30.8 Å². The first-order chi connectivity index (χ1) is 7.95. The Bertz CT molecular complexity index is 481. The predicted octanol–water partition coefficient (Wildman–Crippen LogP) is 2.86. The molecule has 0 aliphatic carbocycles. The number of halogens is 1. The fourth-order valence-electron chi connectivity index (χ4n) is 2.09. The van der Waals surface area contributed by atoms with Crippen LogP contribution in [0.1, 0.15) is 11.6 Å². The molecule has 0 spiro atoms. The van der Waals surface area contributed by atoms with Crippen molar-refractivity contribution in [2.24, 2.45) is 0 Å². The Kier molecular flexibility index (Phi) is 3.77. The molecule has 1 N–H and O–H groups in total. The summed E-state index contributed by atoms with van der Waals surface area (Å²) in [6, 6.07) is 14.7. The maximum absolute atomic E-state index is 4.54. The third-order valence-electron chi connectivity index (χ3n) is 3.09. The summed E-state index contributed by atoms with van der Waals surface area (Å²) in [5, 5.41) is 3.30. The van der Waals surface area contributed by atoms with Gasteiger partial charge in [0.05, 0.1) is 5.69 Å². The highest BCUT2D eigenvalue weighted by molar-refractivity contribution is 5.85. The summed E-state index contributed by atoms with van der Waals surface area (Å²) >= 11 is 0. The van der Waals surface area contributed by atoms with E-state index >= 15 is 0 Å². The SMILES string of the molecule is Cl.c1ccc(-c2cccnc2C2CNC2)cc1. The number of hydrogen-bond acceptors (Lipinski definition) is 2. The molecule has 0 bridgehead atoms. The van der Waals surface area contributed by atoms with Gasteiger partial charge in [0.15, 0.2) is 0 Å². The molecular weight excluding hydrogens is 232 g/mol. The second kappa shape index (κ2) is 5.30. The molecule has 1 fully saturated rings. The summed E-state index contributed by atoms with van der Waals surface area (Å²) in [6.07, 6.45) is 1.89. The average molecular weight is 247 g/mol. The van der Waals surface area contributed by atoms with Gasteiger partial charge in [-0.1, -0.05) is 36.4 Å². The lowest BCUT2D eigenvalue weighted by atomic mass is 9.92. The third-order valence-corrected chi connectivity index (χ3v) is 3.09. The van der Waals surface area contributed by atoms with Crippen LogP contribution in [0.4, 0.5) is 0 Å². The maximum Gasteiger partial charge on any atom is 0.0538 e. The Hall–Kier alpha value is -1.38. The van der Waals surface area contributed by atoms with E-state index in [2.05, 4.69) is 40.6 Å². The topological polar surface area (TPSA) is 24.9 Å². The normalized spacial score (nSPS) is 14.8. The second-order valence-corrected chi connectivity index (χ2v) is 4.16. The van der Waals surface area contributed by atoms with Crippen molar-refractivity contribution >= 4 is 12.4 Å². The highest BCUT2D eigenvalue weighted by Gasteiger charge is 2.23. The Balaban J connectivity index is 0.00000108. The second-order valence-electron chi connectivity index (χ2n) is 4.16. The van der Waals surface area contributed by atoms with E-state index in [0.29, 0.717) is 5.92 Å². The molecule has 0 amide bonds. The van der Waals surface area contributed by atoms with Crippen LogP contribution in [0.2, 0.25) is 0 Å². The standard InChI is InChI=1S/C14H14N2.ClH/c1-2-5-11(6-3-1)13-7-4-8-16-14(13)12-9-15-10-12;/h1-8,12,15H,9-10H2;1H. The molecule has 3 rings (SSSR count). The quantitative estimate of drug-likeness (QED) is 0.882. The minimum absolute atomic E-state index is 0. The summed E-state index contributed by atoms with van der Waals surface area (Å²) in [5.74, 6) is 0.580. The molecule has 1 saturated heterocycles. The van der Waals surface area contributed by atoms with Gasteiger partial charge in [-0.3, -0.25) is 4.98 Å². The number of pyridine rings is 1. The first-order valence-corrected chi connectivity index (χ1v) is 5.66. The molecule has 1 aromatic carbocycles. The van der Waals surface area contributed by atoms with E-state index in [9.17, 15) is 0 Å². The Morgan fingerprint density at radius 3 is 2.41 bits per heavy atom. The number of hydrogen-bond donors (Lipinski definition) is 1. The van der Waals surface area contributed by atoms with Gasteiger partial charge in [0.2, 0.25) is 0 Å². The molecular formula is C14H15ClN2. The molecule has 17 heavy (non-hydrogen) atoms. The average Bonchev–Trinajstić information content (AvgIpc) is 2.29. The number of benzene rings is 1. The molecule has 88 valence electrons. The minimum atomic E-state index is 0. The summed E-state index contributed by atoms with van der Waals surface area (Å²) in [6.45, 7) is 2.10. The lowest BCUT2D eigenvalue weighted by Gasteiger charge is -2.28. The number of nitrogens with zero attached hydrogens (tertiary/aromatic N) is 1. The van der Waals surface area contributed by atoms with Crippen LogP contribution in [0.3, 0.4) is 0 Å². The first kappa shape index (κ1) is 12.1. The van der Waals surface area contributed by atoms with Crippen LogP contribution < -0.4 is 5.32 Å². The minimum Gasteiger partial charge on any atom is -0.315 e. The fraction of sp³-hybridized carbons (Fsp3) is 0.214.